The smallest absolute Gasteiger partial charge is 0.339 e. The van der Waals surface area contributed by atoms with Crippen LogP contribution < -0.4 is 5.32 Å². The quantitative estimate of drug-likeness (QED) is 0.582. The summed E-state index contributed by atoms with van der Waals surface area (Å²) in [6, 6.07) is 15.1. The van der Waals surface area contributed by atoms with E-state index in [1.165, 1.54) is 0 Å². The van der Waals surface area contributed by atoms with Crippen molar-refractivity contribution in [2.24, 2.45) is 0 Å². The standard InChI is InChI=1S/C26H29N3O3/c1-4-14-29-15-13-23-20(16-29)24(19-10-6-8-12-22(19)27-23)26(31)32-18(3)25(30)28-21-11-7-5-9-17(21)2/h5-12,18H,4,13-16H2,1-3H3,(H,28,30). The zero-order chi connectivity index (χ0) is 22.7. The molecule has 1 N–H and O–H groups in total. The Kier molecular flexibility index (Phi) is 6.51. The number of pyridine rings is 1. The lowest BCUT2D eigenvalue weighted by molar-refractivity contribution is -0.123. The minimum absolute atomic E-state index is 0.354. The zero-order valence-corrected chi connectivity index (χ0v) is 18.9. The van der Waals surface area contributed by atoms with E-state index in [1.54, 1.807) is 6.92 Å². The van der Waals surface area contributed by atoms with Crippen LogP contribution in [-0.4, -0.2) is 41.0 Å². The van der Waals surface area contributed by atoms with Crippen molar-refractivity contribution in [1.29, 1.82) is 0 Å². The van der Waals surface area contributed by atoms with Gasteiger partial charge in [0, 0.05) is 41.8 Å². The van der Waals surface area contributed by atoms with Gasteiger partial charge >= 0.3 is 5.97 Å². The minimum atomic E-state index is -0.931. The highest BCUT2D eigenvalue weighted by atomic mass is 16.5. The summed E-state index contributed by atoms with van der Waals surface area (Å²) >= 11 is 0. The molecule has 1 atom stereocenters. The van der Waals surface area contributed by atoms with Crippen molar-refractivity contribution in [2.45, 2.75) is 46.3 Å². The Morgan fingerprint density at radius 2 is 1.91 bits per heavy atom. The first-order valence-electron chi connectivity index (χ1n) is 11.2. The highest BCUT2D eigenvalue weighted by Crippen LogP contribution is 2.29. The number of carbonyl (C=O) groups is 2. The van der Waals surface area contributed by atoms with E-state index in [0.717, 1.165) is 53.7 Å². The van der Waals surface area contributed by atoms with Gasteiger partial charge in [-0.15, -0.1) is 0 Å². The van der Waals surface area contributed by atoms with Gasteiger partial charge in [-0.2, -0.15) is 0 Å². The molecule has 1 aliphatic heterocycles. The molecule has 1 aliphatic rings. The SMILES string of the molecule is CCCN1CCc2nc3ccccc3c(C(=O)OC(C)C(=O)Nc3ccccc3C)c2C1. The molecule has 6 nitrogen and oxygen atoms in total. The highest BCUT2D eigenvalue weighted by Gasteiger charge is 2.28. The fraction of sp³-hybridized carbons (Fsp3) is 0.346. The Hall–Kier alpha value is -3.25. The highest BCUT2D eigenvalue weighted by molar-refractivity contribution is 6.06. The molecule has 1 amide bonds. The lowest BCUT2D eigenvalue weighted by atomic mass is 9.95. The topological polar surface area (TPSA) is 71.5 Å². The number of hydrogen-bond acceptors (Lipinski definition) is 5. The number of ether oxygens (including phenoxy) is 1. The minimum Gasteiger partial charge on any atom is -0.449 e. The van der Waals surface area contributed by atoms with Crippen molar-refractivity contribution >= 4 is 28.5 Å². The van der Waals surface area contributed by atoms with Crippen LogP contribution in [0.2, 0.25) is 0 Å². The van der Waals surface area contributed by atoms with Crippen LogP contribution >= 0.6 is 0 Å². The van der Waals surface area contributed by atoms with Gasteiger partial charge in [0.1, 0.15) is 0 Å². The normalized spacial score (nSPS) is 14.6. The van der Waals surface area contributed by atoms with Crippen molar-refractivity contribution in [1.82, 2.24) is 9.88 Å². The van der Waals surface area contributed by atoms with Gasteiger partial charge in [-0.05, 0) is 44.5 Å². The molecule has 0 fully saturated rings. The summed E-state index contributed by atoms with van der Waals surface area (Å²) in [5, 5.41) is 3.62. The molecule has 4 rings (SSSR count). The summed E-state index contributed by atoms with van der Waals surface area (Å²) in [4.78, 5) is 33.2. The third-order valence-corrected chi connectivity index (χ3v) is 5.93. The van der Waals surface area contributed by atoms with Crippen molar-refractivity contribution < 1.29 is 14.3 Å². The third-order valence-electron chi connectivity index (χ3n) is 5.93. The van der Waals surface area contributed by atoms with Crippen LogP contribution in [0.25, 0.3) is 10.9 Å². The maximum Gasteiger partial charge on any atom is 0.339 e. The molecule has 0 spiro atoms. The van der Waals surface area contributed by atoms with Crippen LogP contribution in [0.3, 0.4) is 0 Å². The molecule has 0 aliphatic carbocycles. The summed E-state index contributed by atoms with van der Waals surface area (Å²) in [7, 11) is 0. The van der Waals surface area contributed by atoms with Crippen LogP contribution in [0.4, 0.5) is 5.69 Å². The van der Waals surface area contributed by atoms with Crippen LogP contribution in [0.5, 0.6) is 0 Å². The molecular weight excluding hydrogens is 402 g/mol. The predicted molar refractivity (Wildman–Crippen MR) is 126 cm³/mol. The summed E-state index contributed by atoms with van der Waals surface area (Å²) in [6.07, 6.45) is 0.913. The number of aromatic nitrogens is 1. The summed E-state index contributed by atoms with van der Waals surface area (Å²) in [5.74, 6) is -0.835. The van der Waals surface area contributed by atoms with E-state index in [2.05, 4.69) is 17.1 Å². The van der Waals surface area contributed by atoms with Gasteiger partial charge in [0.2, 0.25) is 0 Å². The lowest BCUT2D eigenvalue weighted by Gasteiger charge is -2.29. The number of rotatable bonds is 6. The maximum absolute atomic E-state index is 13.4. The second-order valence-corrected chi connectivity index (χ2v) is 8.31. The number of fused-ring (bicyclic) bond motifs is 2. The van der Waals surface area contributed by atoms with E-state index in [1.807, 2.05) is 55.5 Å². The molecular formula is C26H29N3O3. The van der Waals surface area contributed by atoms with E-state index < -0.39 is 12.1 Å². The second-order valence-electron chi connectivity index (χ2n) is 8.31. The number of carbonyl (C=O) groups excluding carboxylic acids is 2. The molecule has 1 aromatic heterocycles. The monoisotopic (exact) mass is 431 g/mol. The molecule has 6 heteroatoms. The Bertz CT molecular complexity index is 1160. The molecule has 32 heavy (non-hydrogen) atoms. The number of benzene rings is 2. The van der Waals surface area contributed by atoms with Crippen molar-refractivity contribution in [3.05, 3.63) is 70.9 Å². The molecule has 0 saturated heterocycles. The average molecular weight is 432 g/mol. The molecule has 166 valence electrons. The van der Waals surface area contributed by atoms with E-state index in [0.29, 0.717) is 17.8 Å². The number of esters is 1. The molecule has 0 bridgehead atoms. The molecule has 1 unspecified atom stereocenters. The van der Waals surface area contributed by atoms with E-state index in [-0.39, 0.29) is 5.91 Å². The molecule has 2 heterocycles. The van der Waals surface area contributed by atoms with Gasteiger partial charge in [-0.1, -0.05) is 43.3 Å². The van der Waals surface area contributed by atoms with E-state index in [4.69, 9.17) is 9.72 Å². The van der Waals surface area contributed by atoms with Gasteiger partial charge in [-0.3, -0.25) is 14.7 Å². The first-order chi connectivity index (χ1) is 15.5. The number of amides is 1. The van der Waals surface area contributed by atoms with Gasteiger partial charge < -0.3 is 10.1 Å². The number of anilines is 1. The molecule has 2 aromatic carbocycles. The fourth-order valence-electron chi connectivity index (χ4n) is 4.21. The Labute approximate surface area is 188 Å². The Morgan fingerprint density at radius 1 is 1.16 bits per heavy atom. The summed E-state index contributed by atoms with van der Waals surface area (Å²) in [5.41, 5.74) is 4.83. The number of nitrogens with zero attached hydrogens (tertiary/aromatic N) is 2. The fourth-order valence-corrected chi connectivity index (χ4v) is 4.21. The summed E-state index contributed by atoms with van der Waals surface area (Å²) in [6.45, 7) is 8.23. The first-order valence-corrected chi connectivity index (χ1v) is 11.2. The zero-order valence-electron chi connectivity index (χ0n) is 18.9. The van der Waals surface area contributed by atoms with Gasteiger partial charge in [0.15, 0.2) is 6.10 Å². The maximum atomic E-state index is 13.4. The van der Waals surface area contributed by atoms with Crippen LogP contribution in [0.15, 0.2) is 48.5 Å². The van der Waals surface area contributed by atoms with Crippen molar-refractivity contribution in [3.63, 3.8) is 0 Å². The third kappa shape index (κ3) is 4.50. The second kappa shape index (κ2) is 9.49. The van der Waals surface area contributed by atoms with E-state index in [9.17, 15) is 9.59 Å². The van der Waals surface area contributed by atoms with Crippen molar-refractivity contribution in [3.8, 4) is 0 Å². The number of aryl methyl sites for hydroxylation is 1. The number of hydrogen-bond donors (Lipinski definition) is 1. The number of nitrogens with one attached hydrogen (secondary N) is 1. The molecule has 3 aromatic rings. The van der Waals surface area contributed by atoms with Crippen molar-refractivity contribution in [2.75, 3.05) is 18.4 Å². The Morgan fingerprint density at radius 3 is 2.69 bits per heavy atom. The molecule has 0 saturated carbocycles. The van der Waals surface area contributed by atoms with Gasteiger partial charge in [0.05, 0.1) is 11.1 Å². The molecule has 0 radical (unpaired) electrons. The largest absolute Gasteiger partial charge is 0.449 e. The van der Waals surface area contributed by atoms with E-state index >= 15 is 0 Å². The predicted octanol–water partition coefficient (Wildman–Crippen LogP) is 4.50. The van der Waals surface area contributed by atoms with Crippen LogP contribution in [0, 0.1) is 6.92 Å². The van der Waals surface area contributed by atoms with Crippen LogP contribution in [0.1, 0.15) is 47.4 Å². The van der Waals surface area contributed by atoms with Gasteiger partial charge in [-0.25, -0.2) is 4.79 Å². The lowest BCUT2D eigenvalue weighted by Crippen LogP contribution is -2.34. The average Bonchev–Trinajstić information content (AvgIpc) is 2.79. The van der Waals surface area contributed by atoms with Gasteiger partial charge in [0.25, 0.3) is 5.91 Å². The Balaban J connectivity index is 1.62. The number of para-hydroxylation sites is 2. The first kappa shape index (κ1) is 22.0. The van der Waals surface area contributed by atoms with Crippen LogP contribution in [-0.2, 0) is 22.5 Å². The summed E-state index contributed by atoms with van der Waals surface area (Å²) < 4.78 is 5.68.